The number of hydrogen-bond acceptors (Lipinski definition) is 2. The highest BCUT2D eigenvalue weighted by Crippen LogP contribution is 2.33. The van der Waals surface area contributed by atoms with Crippen molar-refractivity contribution < 1.29 is 13.9 Å². The standard InChI is InChI=1S/C19H32FO2P/c1-5-8-15(6-2)13-14-21-18(7-3)22-17-11-9-16(10-12-17)19(20)23-4/h9-12,15,18-19,23H,5-8,13-14H2,1-4H3. The monoisotopic (exact) mass is 342 g/mol. The summed E-state index contributed by atoms with van der Waals surface area (Å²) in [5, 5.41) is 0. The quantitative estimate of drug-likeness (QED) is 0.327. The molecule has 23 heavy (non-hydrogen) atoms. The lowest BCUT2D eigenvalue weighted by atomic mass is 9.98. The van der Waals surface area contributed by atoms with Gasteiger partial charge < -0.3 is 9.47 Å². The molecule has 132 valence electrons. The third-order valence-corrected chi connectivity index (χ3v) is 4.97. The lowest BCUT2D eigenvalue weighted by molar-refractivity contribution is -0.0852. The van der Waals surface area contributed by atoms with Gasteiger partial charge in [0.1, 0.15) is 11.7 Å². The average Bonchev–Trinajstić information content (AvgIpc) is 2.59. The number of hydrogen-bond donors (Lipinski definition) is 0. The van der Waals surface area contributed by atoms with Crippen LogP contribution in [0.1, 0.15) is 64.4 Å². The SMILES string of the molecule is CCCC(CC)CCOC(CC)Oc1ccc(C(F)PC)cc1. The molecule has 0 saturated heterocycles. The predicted octanol–water partition coefficient (Wildman–Crippen LogP) is 6.31. The lowest BCUT2D eigenvalue weighted by Gasteiger charge is -2.20. The average molecular weight is 342 g/mol. The molecule has 0 aromatic heterocycles. The van der Waals surface area contributed by atoms with Gasteiger partial charge in [-0.25, -0.2) is 4.39 Å². The van der Waals surface area contributed by atoms with Gasteiger partial charge in [0.2, 0.25) is 0 Å². The number of benzene rings is 1. The smallest absolute Gasteiger partial charge is 0.199 e. The van der Waals surface area contributed by atoms with Crippen molar-refractivity contribution in [3.05, 3.63) is 29.8 Å². The lowest BCUT2D eigenvalue weighted by Crippen LogP contribution is -2.21. The molecule has 0 aliphatic rings. The van der Waals surface area contributed by atoms with E-state index >= 15 is 0 Å². The Morgan fingerprint density at radius 1 is 1.04 bits per heavy atom. The Kier molecular flexibility index (Phi) is 10.5. The Balaban J connectivity index is 2.43. The van der Waals surface area contributed by atoms with Crippen molar-refractivity contribution in [3.8, 4) is 5.75 Å². The summed E-state index contributed by atoms with van der Waals surface area (Å²) in [6, 6.07) is 7.27. The Bertz CT molecular complexity index is 410. The molecule has 1 aromatic rings. The van der Waals surface area contributed by atoms with Crippen molar-refractivity contribution in [2.45, 2.75) is 65.1 Å². The van der Waals surface area contributed by atoms with E-state index in [0.29, 0.717) is 0 Å². The molecule has 0 radical (unpaired) electrons. The van der Waals surface area contributed by atoms with Crippen LogP contribution < -0.4 is 4.74 Å². The second-order valence-corrected chi connectivity index (χ2v) is 6.98. The highest BCUT2D eigenvalue weighted by molar-refractivity contribution is 7.37. The molecule has 1 rings (SSSR count). The van der Waals surface area contributed by atoms with E-state index in [1.54, 1.807) is 12.1 Å². The fraction of sp³-hybridized carbons (Fsp3) is 0.684. The second-order valence-electron chi connectivity index (χ2n) is 5.90. The van der Waals surface area contributed by atoms with E-state index in [4.69, 9.17) is 9.47 Å². The van der Waals surface area contributed by atoms with Gasteiger partial charge in [-0.1, -0.05) is 60.7 Å². The summed E-state index contributed by atoms with van der Waals surface area (Å²) in [5.41, 5.74) is 0.720. The van der Waals surface area contributed by atoms with Crippen LogP contribution in [0.2, 0.25) is 0 Å². The summed E-state index contributed by atoms with van der Waals surface area (Å²) in [6.45, 7) is 9.13. The molecule has 0 aliphatic heterocycles. The molecule has 2 nitrogen and oxygen atoms in total. The molecule has 0 saturated carbocycles. The zero-order chi connectivity index (χ0) is 17.1. The molecule has 4 heteroatoms. The molecule has 0 heterocycles. The molecule has 0 bridgehead atoms. The van der Waals surface area contributed by atoms with Crippen molar-refractivity contribution in [1.29, 1.82) is 0 Å². The first-order valence-electron chi connectivity index (χ1n) is 8.84. The predicted molar refractivity (Wildman–Crippen MR) is 98.5 cm³/mol. The summed E-state index contributed by atoms with van der Waals surface area (Å²) in [7, 11) is 0.266. The van der Waals surface area contributed by atoms with Gasteiger partial charge in [-0.15, -0.1) is 0 Å². The Hall–Kier alpha value is -0.660. The van der Waals surface area contributed by atoms with Gasteiger partial charge >= 0.3 is 0 Å². The van der Waals surface area contributed by atoms with E-state index in [9.17, 15) is 4.39 Å². The molecular weight excluding hydrogens is 310 g/mol. The van der Waals surface area contributed by atoms with Crippen LogP contribution in [0, 0.1) is 5.92 Å². The van der Waals surface area contributed by atoms with E-state index in [-0.39, 0.29) is 14.9 Å². The maximum absolute atomic E-state index is 13.6. The van der Waals surface area contributed by atoms with Crippen molar-refractivity contribution in [3.63, 3.8) is 0 Å². The highest BCUT2D eigenvalue weighted by Gasteiger charge is 2.12. The first-order chi connectivity index (χ1) is 11.1. The Morgan fingerprint density at radius 2 is 1.74 bits per heavy atom. The van der Waals surface area contributed by atoms with Crippen molar-refractivity contribution in [2.75, 3.05) is 13.3 Å². The third kappa shape index (κ3) is 7.63. The van der Waals surface area contributed by atoms with Crippen LogP contribution in [0.4, 0.5) is 4.39 Å². The first kappa shape index (κ1) is 20.4. The topological polar surface area (TPSA) is 18.5 Å². The fourth-order valence-corrected chi connectivity index (χ4v) is 3.12. The summed E-state index contributed by atoms with van der Waals surface area (Å²) in [5.74, 6) is 0.618. The number of alkyl halides is 1. The zero-order valence-electron chi connectivity index (χ0n) is 15.0. The highest BCUT2D eigenvalue weighted by atomic mass is 31.1. The van der Waals surface area contributed by atoms with Crippen LogP contribution in [0.3, 0.4) is 0 Å². The fourth-order valence-electron chi connectivity index (χ4n) is 2.60. The van der Waals surface area contributed by atoms with Crippen LogP contribution >= 0.6 is 8.58 Å². The normalized spacial score (nSPS) is 15.7. The molecule has 0 N–H and O–H groups in total. The summed E-state index contributed by atoms with van der Waals surface area (Å²) < 4.78 is 25.4. The van der Waals surface area contributed by atoms with Crippen LogP contribution in [0.5, 0.6) is 5.75 Å². The van der Waals surface area contributed by atoms with Crippen molar-refractivity contribution in [2.24, 2.45) is 5.92 Å². The van der Waals surface area contributed by atoms with E-state index in [2.05, 4.69) is 20.8 Å². The zero-order valence-corrected chi connectivity index (χ0v) is 16.0. The summed E-state index contributed by atoms with van der Waals surface area (Å²) in [4.78, 5) is 0. The van der Waals surface area contributed by atoms with E-state index in [1.807, 2.05) is 18.8 Å². The molecule has 4 atom stereocenters. The third-order valence-electron chi connectivity index (χ3n) is 4.13. The van der Waals surface area contributed by atoms with Crippen LogP contribution in [-0.4, -0.2) is 19.6 Å². The minimum Gasteiger partial charge on any atom is -0.465 e. The molecule has 0 amide bonds. The van der Waals surface area contributed by atoms with E-state index in [0.717, 1.165) is 36.7 Å². The van der Waals surface area contributed by atoms with Gasteiger partial charge in [-0.05, 0) is 36.7 Å². The summed E-state index contributed by atoms with van der Waals surface area (Å²) in [6.07, 6.45) is 5.36. The van der Waals surface area contributed by atoms with Gasteiger partial charge in [-0.2, -0.15) is 0 Å². The van der Waals surface area contributed by atoms with E-state index in [1.165, 1.54) is 19.3 Å². The number of ether oxygens (including phenoxy) is 2. The van der Waals surface area contributed by atoms with Crippen LogP contribution in [-0.2, 0) is 4.74 Å². The van der Waals surface area contributed by atoms with Crippen LogP contribution in [0.25, 0.3) is 0 Å². The molecule has 0 spiro atoms. The van der Waals surface area contributed by atoms with Crippen molar-refractivity contribution >= 4 is 8.58 Å². The Morgan fingerprint density at radius 3 is 2.26 bits per heavy atom. The second kappa shape index (κ2) is 11.8. The van der Waals surface area contributed by atoms with Gasteiger partial charge in [0.05, 0.1) is 6.61 Å². The van der Waals surface area contributed by atoms with Gasteiger partial charge in [-0.3, -0.25) is 0 Å². The number of rotatable bonds is 12. The minimum absolute atomic E-state index is 0.228. The molecule has 0 fully saturated rings. The molecule has 0 aliphatic carbocycles. The Labute approximate surface area is 142 Å². The van der Waals surface area contributed by atoms with Crippen LogP contribution in [0.15, 0.2) is 24.3 Å². The summed E-state index contributed by atoms with van der Waals surface area (Å²) >= 11 is 0. The number of halogens is 1. The largest absolute Gasteiger partial charge is 0.465 e. The van der Waals surface area contributed by atoms with Gasteiger partial charge in [0, 0.05) is 6.42 Å². The van der Waals surface area contributed by atoms with Gasteiger partial charge in [0.15, 0.2) is 6.29 Å². The maximum Gasteiger partial charge on any atom is 0.199 e. The van der Waals surface area contributed by atoms with E-state index < -0.39 is 5.91 Å². The molecule has 1 aromatic carbocycles. The van der Waals surface area contributed by atoms with Crippen molar-refractivity contribution in [1.82, 2.24) is 0 Å². The maximum atomic E-state index is 13.6. The molecule has 4 unspecified atom stereocenters. The first-order valence-corrected chi connectivity index (χ1v) is 10.4. The molecular formula is C19H32FO2P. The minimum atomic E-state index is -0.869. The van der Waals surface area contributed by atoms with Gasteiger partial charge in [0.25, 0.3) is 0 Å².